The van der Waals surface area contributed by atoms with Gasteiger partial charge < -0.3 is 5.32 Å². The number of thiophene rings is 1. The summed E-state index contributed by atoms with van der Waals surface area (Å²) in [5.41, 5.74) is -1.79. The van der Waals surface area contributed by atoms with Crippen LogP contribution < -0.4 is 16.6 Å². The van der Waals surface area contributed by atoms with Crippen molar-refractivity contribution in [2.75, 3.05) is 5.32 Å². The molecule has 0 aliphatic carbocycles. The lowest BCUT2D eigenvalue weighted by molar-refractivity contribution is -0.137. The highest BCUT2D eigenvalue weighted by atomic mass is 32.1. The van der Waals surface area contributed by atoms with E-state index in [1.807, 2.05) is 0 Å². The number of fused-ring (bicyclic) bond motifs is 1. The van der Waals surface area contributed by atoms with Crippen molar-refractivity contribution in [2.24, 2.45) is 0 Å². The van der Waals surface area contributed by atoms with Gasteiger partial charge in [0.05, 0.1) is 17.6 Å². The van der Waals surface area contributed by atoms with Crippen LogP contribution in [0.3, 0.4) is 0 Å². The van der Waals surface area contributed by atoms with Crippen LogP contribution in [0.5, 0.6) is 0 Å². The monoisotopic (exact) mass is 477 g/mol. The van der Waals surface area contributed by atoms with E-state index in [0.717, 1.165) is 44.7 Å². The number of halogens is 4. The van der Waals surface area contributed by atoms with Crippen molar-refractivity contribution >= 4 is 33.1 Å². The molecule has 0 saturated carbocycles. The van der Waals surface area contributed by atoms with E-state index < -0.39 is 41.3 Å². The third kappa shape index (κ3) is 4.58. The van der Waals surface area contributed by atoms with Crippen molar-refractivity contribution in [1.29, 1.82) is 0 Å². The topological polar surface area (TPSA) is 73.1 Å². The zero-order valence-electron chi connectivity index (χ0n) is 16.7. The first kappa shape index (κ1) is 22.5. The molecule has 11 heteroatoms. The van der Waals surface area contributed by atoms with Crippen LogP contribution in [0, 0.1) is 5.82 Å². The van der Waals surface area contributed by atoms with Gasteiger partial charge in [-0.15, -0.1) is 11.3 Å². The standard InChI is InChI=1S/C22H15F4N3O3S/c23-16-4-2-1-3-13(16)11-29-20(31)19-17(9-10-33-19)28(21(29)32)12-18(30)27-15-7-5-14(6-8-15)22(24,25)26/h1-10H,11-12H2,(H,27,30). The minimum absolute atomic E-state index is 0.113. The molecule has 0 unspecified atom stereocenters. The van der Waals surface area contributed by atoms with Crippen LogP contribution in [-0.2, 0) is 24.1 Å². The van der Waals surface area contributed by atoms with E-state index in [0.29, 0.717) is 0 Å². The lowest BCUT2D eigenvalue weighted by Gasteiger charge is -2.13. The van der Waals surface area contributed by atoms with Crippen LogP contribution in [0.25, 0.3) is 10.2 Å². The summed E-state index contributed by atoms with van der Waals surface area (Å²) < 4.78 is 54.4. The number of benzene rings is 2. The molecule has 2 aromatic carbocycles. The Kier molecular flexibility index (Phi) is 5.90. The molecule has 0 aliphatic rings. The third-order valence-corrected chi connectivity index (χ3v) is 5.81. The fraction of sp³-hybridized carbons (Fsp3) is 0.136. The van der Waals surface area contributed by atoms with Gasteiger partial charge in [-0.05, 0) is 41.8 Å². The fourth-order valence-electron chi connectivity index (χ4n) is 3.31. The lowest BCUT2D eigenvalue weighted by atomic mass is 10.2. The molecule has 2 aromatic heterocycles. The summed E-state index contributed by atoms with van der Waals surface area (Å²) in [5.74, 6) is -1.26. The predicted octanol–water partition coefficient (Wildman–Crippen LogP) is 4.07. The Morgan fingerprint density at radius 3 is 2.33 bits per heavy atom. The number of carbonyl (C=O) groups is 1. The maximum Gasteiger partial charge on any atom is 0.416 e. The number of nitrogens with one attached hydrogen (secondary N) is 1. The van der Waals surface area contributed by atoms with Crippen LogP contribution in [0.2, 0.25) is 0 Å². The number of alkyl halides is 3. The number of nitrogens with zero attached hydrogens (tertiary/aromatic N) is 2. The fourth-order valence-corrected chi connectivity index (χ4v) is 4.15. The van der Waals surface area contributed by atoms with Gasteiger partial charge in [0, 0.05) is 11.3 Å². The Morgan fingerprint density at radius 1 is 0.970 bits per heavy atom. The average molecular weight is 477 g/mol. The van der Waals surface area contributed by atoms with Gasteiger partial charge in [-0.3, -0.25) is 18.7 Å². The molecule has 4 rings (SSSR count). The first-order chi connectivity index (χ1) is 15.6. The van der Waals surface area contributed by atoms with Crippen molar-refractivity contribution in [3.8, 4) is 0 Å². The lowest BCUT2D eigenvalue weighted by Crippen LogP contribution is -2.41. The highest BCUT2D eigenvalue weighted by Gasteiger charge is 2.30. The molecule has 1 N–H and O–H groups in total. The van der Waals surface area contributed by atoms with E-state index in [2.05, 4.69) is 5.32 Å². The Labute approximate surface area is 187 Å². The Balaban J connectivity index is 1.65. The summed E-state index contributed by atoms with van der Waals surface area (Å²) in [6.07, 6.45) is -4.51. The number of hydrogen-bond donors (Lipinski definition) is 1. The smallest absolute Gasteiger partial charge is 0.325 e. The maximum absolute atomic E-state index is 14.1. The van der Waals surface area contributed by atoms with E-state index in [1.54, 1.807) is 11.4 Å². The van der Waals surface area contributed by atoms with Crippen molar-refractivity contribution in [2.45, 2.75) is 19.3 Å². The molecule has 0 radical (unpaired) electrons. The number of rotatable bonds is 5. The molecule has 170 valence electrons. The number of carbonyl (C=O) groups excluding carboxylic acids is 1. The molecule has 33 heavy (non-hydrogen) atoms. The average Bonchev–Trinajstić information content (AvgIpc) is 3.25. The molecule has 0 saturated heterocycles. The van der Waals surface area contributed by atoms with E-state index in [4.69, 9.17) is 0 Å². The van der Waals surface area contributed by atoms with E-state index in [9.17, 15) is 31.9 Å². The Morgan fingerprint density at radius 2 is 1.67 bits per heavy atom. The molecule has 4 aromatic rings. The summed E-state index contributed by atoms with van der Waals surface area (Å²) >= 11 is 1.08. The highest BCUT2D eigenvalue weighted by molar-refractivity contribution is 7.17. The SMILES string of the molecule is O=C(Cn1c(=O)n(Cc2ccccc2F)c(=O)c2sccc21)Nc1ccc(C(F)(F)F)cc1. The zero-order valence-corrected chi connectivity index (χ0v) is 17.5. The van der Waals surface area contributed by atoms with Crippen molar-refractivity contribution < 1.29 is 22.4 Å². The molecule has 0 bridgehead atoms. The van der Waals surface area contributed by atoms with Gasteiger partial charge in [0.1, 0.15) is 17.1 Å². The Bertz CT molecular complexity index is 1450. The Hall–Kier alpha value is -3.73. The first-order valence-electron chi connectivity index (χ1n) is 9.56. The van der Waals surface area contributed by atoms with Crippen LogP contribution in [0.15, 0.2) is 69.6 Å². The van der Waals surface area contributed by atoms with E-state index in [-0.39, 0.29) is 28.0 Å². The summed E-state index contributed by atoms with van der Waals surface area (Å²) in [5, 5.41) is 4.02. The second-order valence-corrected chi connectivity index (χ2v) is 8.03. The molecule has 0 atom stereocenters. The molecule has 0 spiro atoms. The zero-order chi connectivity index (χ0) is 23.8. The van der Waals surface area contributed by atoms with Gasteiger partial charge in [-0.25, -0.2) is 9.18 Å². The molecule has 0 aliphatic heterocycles. The second-order valence-electron chi connectivity index (χ2n) is 7.11. The number of hydrogen-bond acceptors (Lipinski definition) is 4. The van der Waals surface area contributed by atoms with E-state index >= 15 is 0 Å². The molecule has 1 amide bonds. The molecular formula is C22H15F4N3O3S. The van der Waals surface area contributed by atoms with Gasteiger partial charge in [0.2, 0.25) is 5.91 Å². The summed E-state index contributed by atoms with van der Waals surface area (Å²) in [7, 11) is 0. The second kappa shape index (κ2) is 8.66. The van der Waals surface area contributed by atoms with Crippen LogP contribution in [0.1, 0.15) is 11.1 Å². The maximum atomic E-state index is 14.1. The number of amides is 1. The summed E-state index contributed by atoms with van der Waals surface area (Å²) in [6, 6.07) is 11.1. The number of aromatic nitrogens is 2. The predicted molar refractivity (Wildman–Crippen MR) is 116 cm³/mol. The number of anilines is 1. The van der Waals surface area contributed by atoms with Gasteiger partial charge >= 0.3 is 11.9 Å². The minimum atomic E-state index is -4.51. The molecule has 2 heterocycles. The van der Waals surface area contributed by atoms with Gasteiger partial charge in [-0.2, -0.15) is 13.2 Å². The molecule has 0 fully saturated rings. The summed E-state index contributed by atoms with van der Waals surface area (Å²) in [6.45, 7) is -0.816. The molecule has 6 nitrogen and oxygen atoms in total. The quantitative estimate of drug-likeness (QED) is 0.441. The van der Waals surface area contributed by atoms with Crippen LogP contribution in [-0.4, -0.2) is 15.0 Å². The molecular weight excluding hydrogens is 462 g/mol. The van der Waals surface area contributed by atoms with Crippen molar-refractivity contribution in [1.82, 2.24) is 9.13 Å². The third-order valence-electron chi connectivity index (χ3n) is 4.92. The van der Waals surface area contributed by atoms with Crippen LogP contribution >= 0.6 is 11.3 Å². The largest absolute Gasteiger partial charge is 0.416 e. The minimum Gasteiger partial charge on any atom is -0.325 e. The van der Waals surface area contributed by atoms with Crippen molar-refractivity contribution in [3.63, 3.8) is 0 Å². The van der Waals surface area contributed by atoms with Gasteiger partial charge in [-0.1, -0.05) is 18.2 Å². The highest BCUT2D eigenvalue weighted by Crippen LogP contribution is 2.29. The van der Waals surface area contributed by atoms with Gasteiger partial charge in [0.25, 0.3) is 5.56 Å². The first-order valence-corrected chi connectivity index (χ1v) is 10.4. The summed E-state index contributed by atoms with van der Waals surface area (Å²) in [4.78, 5) is 38.4. The van der Waals surface area contributed by atoms with Gasteiger partial charge in [0.15, 0.2) is 0 Å². The van der Waals surface area contributed by atoms with Crippen LogP contribution in [0.4, 0.5) is 23.2 Å². The van der Waals surface area contributed by atoms with E-state index in [1.165, 1.54) is 24.3 Å². The normalized spacial score (nSPS) is 11.6. The van der Waals surface area contributed by atoms with Crippen molar-refractivity contribution in [3.05, 3.63) is 97.8 Å².